The quantitative estimate of drug-likeness (QED) is 0.852. The third kappa shape index (κ3) is 4.33. The first-order valence-electron chi connectivity index (χ1n) is 9.03. The van der Waals surface area contributed by atoms with E-state index in [-0.39, 0.29) is 17.6 Å². The number of aryl methyl sites for hydroxylation is 1. The summed E-state index contributed by atoms with van der Waals surface area (Å²) in [7, 11) is 0. The minimum atomic E-state index is -0.433. The molecule has 5 heteroatoms. The predicted molar refractivity (Wildman–Crippen MR) is 91.7 cm³/mol. The van der Waals surface area contributed by atoms with E-state index in [2.05, 4.69) is 4.90 Å². The van der Waals surface area contributed by atoms with Crippen molar-refractivity contribution in [2.75, 3.05) is 39.3 Å². The van der Waals surface area contributed by atoms with Gasteiger partial charge in [0, 0.05) is 26.2 Å². The Balaban J connectivity index is 1.66. The largest absolute Gasteiger partial charge is 0.375 e. The topological polar surface area (TPSA) is 32.8 Å². The van der Waals surface area contributed by atoms with Crippen molar-refractivity contribution in [3.8, 4) is 0 Å². The van der Waals surface area contributed by atoms with Gasteiger partial charge >= 0.3 is 0 Å². The number of nitrogens with zero attached hydrogens (tertiary/aromatic N) is 2. The molecule has 0 radical (unpaired) electrons. The Morgan fingerprint density at radius 2 is 2.00 bits per heavy atom. The predicted octanol–water partition coefficient (Wildman–Crippen LogP) is 2.85. The van der Waals surface area contributed by atoms with Gasteiger partial charge in [0.15, 0.2) is 0 Å². The lowest BCUT2D eigenvalue weighted by Crippen LogP contribution is -2.44. The molecule has 0 unspecified atom stereocenters. The first-order chi connectivity index (χ1) is 11.6. The van der Waals surface area contributed by atoms with Crippen LogP contribution in [0.5, 0.6) is 0 Å². The van der Waals surface area contributed by atoms with Gasteiger partial charge in [0.25, 0.3) is 5.91 Å². The van der Waals surface area contributed by atoms with Crippen molar-refractivity contribution in [1.82, 2.24) is 9.80 Å². The maximum Gasteiger partial charge on any atom is 0.256 e. The van der Waals surface area contributed by atoms with Crippen molar-refractivity contribution in [2.45, 2.75) is 38.7 Å². The summed E-state index contributed by atoms with van der Waals surface area (Å²) < 4.78 is 20.1. The van der Waals surface area contributed by atoms with Crippen LogP contribution in [0.2, 0.25) is 0 Å². The van der Waals surface area contributed by atoms with Crippen LogP contribution < -0.4 is 0 Å². The van der Waals surface area contributed by atoms with Gasteiger partial charge in [0.05, 0.1) is 11.7 Å². The van der Waals surface area contributed by atoms with E-state index in [1.54, 1.807) is 17.0 Å². The monoisotopic (exact) mass is 334 g/mol. The normalized spacial score (nSPS) is 23.1. The van der Waals surface area contributed by atoms with Crippen molar-refractivity contribution in [3.63, 3.8) is 0 Å². The van der Waals surface area contributed by atoms with Crippen LogP contribution in [0.15, 0.2) is 18.2 Å². The Labute approximate surface area is 143 Å². The third-order valence-electron chi connectivity index (χ3n) is 4.90. The van der Waals surface area contributed by atoms with E-state index in [1.165, 1.54) is 25.3 Å². The van der Waals surface area contributed by atoms with E-state index in [0.29, 0.717) is 19.7 Å². The van der Waals surface area contributed by atoms with Gasteiger partial charge in [-0.2, -0.15) is 0 Å². The van der Waals surface area contributed by atoms with E-state index in [4.69, 9.17) is 4.74 Å². The average Bonchev–Trinajstić information content (AvgIpc) is 2.81. The number of piperidine rings is 1. The molecule has 1 aromatic rings. The third-order valence-corrected chi connectivity index (χ3v) is 4.90. The minimum Gasteiger partial charge on any atom is -0.375 e. The van der Waals surface area contributed by atoms with Crippen molar-refractivity contribution in [3.05, 3.63) is 35.1 Å². The molecule has 3 rings (SSSR count). The van der Waals surface area contributed by atoms with E-state index >= 15 is 0 Å². The molecule has 2 aliphatic heterocycles. The number of likely N-dealkylation sites (tertiary alicyclic amines) is 1. The number of hydrogen-bond acceptors (Lipinski definition) is 3. The molecular weight excluding hydrogens is 307 g/mol. The van der Waals surface area contributed by atoms with Crippen molar-refractivity contribution in [2.24, 2.45) is 0 Å². The fourth-order valence-electron chi connectivity index (χ4n) is 3.58. The lowest BCUT2D eigenvalue weighted by Gasteiger charge is -2.31. The summed E-state index contributed by atoms with van der Waals surface area (Å²) in [4.78, 5) is 16.9. The molecule has 2 saturated heterocycles. The maximum atomic E-state index is 14.1. The molecule has 2 fully saturated rings. The molecule has 0 bridgehead atoms. The summed E-state index contributed by atoms with van der Waals surface area (Å²) in [6.45, 7) is 6.75. The van der Waals surface area contributed by atoms with Gasteiger partial charge in [-0.15, -0.1) is 0 Å². The van der Waals surface area contributed by atoms with E-state index in [0.717, 1.165) is 31.6 Å². The smallest absolute Gasteiger partial charge is 0.256 e. The summed E-state index contributed by atoms with van der Waals surface area (Å²) in [5.41, 5.74) is 0.991. The molecule has 0 N–H and O–H groups in total. The molecule has 0 aromatic heterocycles. The number of carbonyl (C=O) groups excluding carboxylic acids is 1. The maximum absolute atomic E-state index is 14.1. The van der Waals surface area contributed by atoms with Gasteiger partial charge < -0.3 is 14.5 Å². The van der Waals surface area contributed by atoms with Crippen LogP contribution in [-0.2, 0) is 4.74 Å². The molecule has 2 aliphatic rings. The van der Waals surface area contributed by atoms with Crippen LogP contribution in [0, 0.1) is 12.7 Å². The molecule has 4 nitrogen and oxygen atoms in total. The highest BCUT2D eigenvalue weighted by Crippen LogP contribution is 2.17. The Morgan fingerprint density at radius 1 is 1.21 bits per heavy atom. The SMILES string of the molecule is Cc1ccc(C(=O)N2CCCO[C@@H](CN3CCCCC3)C2)c(F)c1. The van der Waals surface area contributed by atoms with Crippen LogP contribution in [0.3, 0.4) is 0 Å². The van der Waals surface area contributed by atoms with Gasteiger partial charge in [-0.05, 0) is 57.0 Å². The molecule has 0 saturated carbocycles. The molecule has 0 spiro atoms. The lowest BCUT2D eigenvalue weighted by atomic mass is 10.1. The number of rotatable bonds is 3. The highest BCUT2D eigenvalue weighted by Gasteiger charge is 2.26. The summed E-state index contributed by atoms with van der Waals surface area (Å²) in [6, 6.07) is 4.81. The summed E-state index contributed by atoms with van der Waals surface area (Å²) in [5, 5.41) is 0. The summed E-state index contributed by atoms with van der Waals surface area (Å²) >= 11 is 0. The molecule has 1 amide bonds. The molecule has 0 aliphatic carbocycles. The van der Waals surface area contributed by atoms with Crippen molar-refractivity contribution in [1.29, 1.82) is 0 Å². The standard InChI is InChI=1S/C19H27FN2O2/c1-15-6-7-17(18(20)12-15)19(23)22-10-5-11-24-16(14-22)13-21-8-3-2-4-9-21/h6-7,12,16H,2-5,8-11,13-14H2,1H3/t16-/m0/s1. The lowest BCUT2D eigenvalue weighted by molar-refractivity contribution is 0.0216. The zero-order valence-corrected chi connectivity index (χ0v) is 14.5. The van der Waals surface area contributed by atoms with E-state index in [1.807, 2.05) is 6.92 Å². The molecule has 1 aromatic carbocycles. The summed E-state index contributed by atoms with van der Waals surface area (Å²) in [6.07, 6.45) is 4.60. The highest BCUT2D eigenvalue weighted by atomic mass is 19.1. The first kappa shape index (κ1) is 17.4. The number of hydrogen-bond donors (Lipinski definition) is 0. The molecule has 24 heavy (non-hydrogen) atoms. The van der Waals surface area contributed by atoms with Gasteiger partial charge in [0.2, 0.25) is 0 Å². The fraction of sp³-hybridized carbons (Fsp3) is 0.632. The number of carbonyl (C=O) groups is 1. The second kappa shape index (κ2) is 8.08. The second-order valence-corrected chi connectivity index (χ2v) is 6.94. The highest BCUT2D eigenvalue weighted by molar-refractivity contribution is 5.94. The second-order valence-electron chi connectivity index (χ2n) is 6.94. The number of amides is 1. The van der Waals surface area contributed by atoms with Crippen LogP contribution in [-0.4, -0.2) is 61.1 Å². The molecule has 1 atom stereocenters. The van der Waals surface area contributed by atoms with Crippen LogP contribution in [0.1, 0.15) is 41.6 Å². The number of halogens is 1. The summed E-state index contributed by atoms with van der Waals surface area (Å²) in [5.74, 6) is -0.653. The average molecular weight is 334 g/mol. The minimum absolute atomic E-state index is 0.0167. The van der Waals surface area contributed by atoms with Crippen LogP contribution in [0.4, 0.5) is 4.39 Å². The number of ether oxygens (including phenoxy) is 1. The first-order valence-corrected chi connectivity index (χ1v) is 9.03. The Hall–Kier alpha value is -1.46. The van der Waals surface area contributed by atoms with Gasteiger partial charge in [-0.3, -0.25) is 4.79 Å². The van der Waals surface area contributed by atoms with Crippen molar-refractivity contribution < 1.29 is 13.9 Å². The molecule has 2 heterocycles. The van der Waals surface area contributed by atoms with Gasteiger partial charge in [-0.1, -0.05) is 12.5 Å². The Bertz CT molecular complexity index is 572. The Kier molecular flexibility index (Phi) is 5.85. The zero-order valence-electron chi connectivity index (χ0n) is 14.5. The fourth-order valence-corrected chi connectivity index (χ4v) is 3.58. The zero-order chi connectivity index (χ0) is 16.9. The van der Waals surface area contributed by atoms with Crippen molar-refractivity contribution >= 4 is 5.91 Å². The molecule has 132 valence electrons. The Morgan fingerprint density at radius 3 is 2.75 bits per heavy atom. The van der Waals surface area contributed by atoms with Crippen LogP contribution in [0.25, 0.3) is 0 Å². The van der Waals surface area contributed by atoms with E-state index < -0.39 is 5.82 Å². The van der Waals surface area contributed by atoms with Gasteiger partial charge in [-0.25, -0.2) is 4.39 Å². The van der Waals surface area contributed by atoms with E-state index in [9.17, 15) is 9.18 Å². The molecular formula is C19H27FN2O2. The van der Waals surface area contributed by atoms with Gasteiger partial charge in [0.1, 0.15) is 5.82 Å². The van der Waals surface area contributed by atoms with Crippen LogP contribution >= 0.6 is 0 Å². The number of benzene rings is 1.